The number of anilines is 1. The SMILES string of the molecule is CC1=C(C(=O)Nc2ccc([N+](=O)[O-])cc2)C(c2ccc(Br)cc2)NC(=S)N1. The van der Waals surface area contributed by atoms with Crippen molar-refractivity contribution in [1.82, 2.24) is 10.6 Å². The highest BCUT2D eigenvalue weighted by Crippen LogP contribution is 2.29. The Kier molecular flexibility index (Phi) is 5.52. The number of thiocarbonyl (C=S) groups is 1. The van der Waals surface area contributed by atoms with E-state index in [0.29, 0.717) is 22.1 Å². The third kappa shape index (κ3) is 4.32. The molecule has 1 heterocycles. The minimum atomic E-state index is -0.488. The standard InChI is InChI=1S/C18H15BrN4O3S/c1-10-15(17(24)21-13-6-8-14(9-7-13)23(25)26)16(22-18(27)20-10)11-2-4-12(19)5-3-11/h2-9,16H,1H3,(H,21,24)(H2,20,22,27). The van der Waals surface area contributed by atoms with Crippen LogP contribution < -0.4 is 16.0 Å². The predicted octanol–water partition coefficient (Wildman–Crippen LogP) is 3.79. The van der Waals surface area contributed by atoms with Crippen molar-refractivity contribution < 1.29 is 9.72 Å². The summed E-state index contributed by atoms with van der Waals surface area (Å²) < 4.78 is 0.931. The Morgan fingerprint density at radius 1 is 1.19 bits per heavy atom. The molecule has 0 radical (unpaired) electrons. The summed E-state index contributed by atoms with van der Waals surface area (Å²) in [6, 6.07) is 12.9. The van der Waals surface area contributed by atoms with E-state index in [1.54, 1.807) is 6.92 Å². The normalized spacial score (nSPS) is 16.4. The summed E-state index contributed by atoms with van der Waals surface area (Å²) in [6.07, 6.45) is 0. The number of nitrogens with one attached hydrogen (secondary N) is 3. The van der Waals surface area contributed by atoms with Crippen LogP contribution in [0.25, 0.3) is 0 Å². The Morgan fingerprint density at radius 2 is 1.81 bits per heavy atom. The topological polar surface area (TPSA) is 96.3 Å². The number of rotatable bonds is 4. The van der Waals surface area contributed by atoms with Crippen molar-refractivity contribution in [1.29, 1.82) is 0 Å². The summed E-state index contributed by atoms with van der Waals surface area (Å²) in [5.74, 6) is -0.322. The molecule has 0 aliphatic carbocycles. The summed E-state index contributed by atoms with van der Waals surface area (Å²) in [5.41, 5.74) is 2.45. The first-order valence-electron chi connectivity index (χ1n) is 7.94. The Hall–Kier alpha value is -2.78. The molecule has 27 heavy (non-hydrogen) atoms. The minimum Gasteiger partial charge on any atom is -0.351 e. The maximum absolute atomic E-state index is 12.9. The van der Waals surface area contributed by atoms with Crippen molar-refractivity contribution >= 4 is 50.5 Å². The highest BCUT2D eigenvalue weighted by atomic mass is 79.9. The van der Waals surface area contributed by atoms with Crippen LogP contribution in [-0.4, -0.2) is 15.9 Å². The predicted molar refractivity (Wildman–Crippen MR) is 110 cm³/mol. The smallest absolute Gasteiger partial charge is 0.269 e. The van der Waals surface area contributed by atoms with E-state index >= 15 is 0 Å². The van der Waals surface area contributed by atoms with Crippen LogP contribution in [0.5, 0.6) is 0 Å². The average Bonchev–Trinajstić information content (AvgIpc) is 2.62. The molecule has 3 N–H and O–H groups in total. The van der Waals surface area contributed by atoms with Gasteiger partial charge in [0.15, 0.2) is 5.11 Å². The van der Waals surface area contributed by atoms with Crippen molar-refractivity contribution in [2.75, 3.05) is 5.32 Å². The van der Waals surface area contributed by atoms with Gasteiger partial charge in [-0.25, -0.2) is 0 Å². The second-order valence-electron chi connectivity index (χ2n) is 5.88. The molecule has 1 aliphatic rings. The van der Waals surface area contributed by atoms with E-state index in [1.807, 2.05) is 24.3 Å². The quantitative estimate of drug-likeness (QED) is 0.375. The summed E-state index contributed by atoms with van der Waals surface area (Å²) in [6.45, 7) is 1.78. The molecule has 0 bridgehead atoms. The van der Waals surface area contributed by atoms with Crippen LogP contribution in [0.15, 0.2) is 64.3 Å². The lowest BCUT2D eigenvalue weighted by Crippen LogP contribution is -2.45. The van der Waals surface area contributed by atoms with E-state index in [-0.39, 0.29) is 11.6 Å². The number of benzene rings is 2. The molecule has 7 nitrogen and oxygen atoms in total. The molecule has 0 fully saturated rings. The van der Waals surface area contributed by atoms with Crippen molar-refractivity contribution in [2.45, 2.75) is 13.0 Å². The number of carbonyl (C=O) groups excluding carboxylic acids is 1. The van der Waals surface area contributed by atoms with Crippen LogP contribution in [0, 0.1) is 10.1 Å². The fourth-order valence-corrected chi connectivity index (χ4v) is 3.30. The summed E-state index contributed by atoms with van der Waals surface area (Å²) in [4.78, 5) is 23.2. The number of nitrogens with zero attached hydrogens (tertiary/aromatic N) is 1. The van der Waals surface area contributed by atoms with Crippen LogP contribution in [0.3, 0.4) is 0 Å². The lowest BCUT2D eigenvalue weighted by molar-refractivity contribution is -0.384. The molecule has 1 unspecified atom stereocenters. The number of non-ortho nitro benzene ring substituents is 1. The molecule has 0 saturated carbocycles. The van der Waals surface area contributed by atoms with Gasteiger partial charge in [0.05, 0.1) is 16.5 Å². The molecule has 2 aromatic carbocycles. The maximum Gasteiger partial charge on any atom is 0.269 e. The molecule has 138 valence electrons. The van der Waals surface area contributed by atoms with E-state index in [9.17, 15) is 14.9 Å². The van der Waals surface area contributed by atoms with Gasteiger partial charge in [-0.2, -0.15) is 0 Å². The molecule has 0 aromatic heterocycles. The number of nitro benzene ring substituents is 1. The Morgan fingerprint density at radius 3 is 2.41 bits per heavy atom. The molecule has 3 rings (SSSR count). The van der Waals surface area contributed by atoms with Crippen LogP contribution in [0.2, 0.25) is 0 Å². The Balaban J connectivity index is 1.89. The van der Waals surface area contributed by atoms with Gasteiger partial charge in [-0.3, -0.25) is 14.9 Å². The molecule has 1 amide bonds. The van der Waals surface area contributed by atoms with Gasteiger partial charge < -0.3 is 16.0 Å². The van der Waals surface area contributed by atoms with Gasteiger partial charge in [0.2, 0.25) is 0 Å². The first-order valence-corrected chi connectivity index (χ1v) is 9.15. The number of carbonyl (C=O) groups is 1. The molecule has 1 aliphatic heterocycles. The molecular weight excluding hydrogens is 432 g/mol. The van der Waals surface area contributed by atoms with E-state index in [4.69, 9.17) is 12.2 Å². The second kappa shape index (κ2) is 7.85. The van der Waals surface area contributed by atoms with Gasteiger partial charge in [-0.1, -0.05) is 28.1 Å². The monoisotopic (exact) mass is 446 g/mol. The van der Waals surface area contributed by atoms with Crippen LogP contribution in [0.1, 0.15) is 18.5 Å². The van der Waals surface area contributed by atoms with E-state index in [2.05, 4.69) is 31.9 Å². The average molecular weight is 447 g/mol. The minimum absolute atomic E-state index is 0.0394. The molecule has 0 spiro atoms. The third-order valence-corrected chi connectivity index (χ3v) is 4.80. The molecular formula is C18H15BrN4O3S. The van der Waals surface area contributed by atoms with Crippen LogP contribution in [0.4, 0.5) is 11.4 Å². The first kappa shape index (κ1) is 19.0. The molecule has 1 atom stereocenters. The zero-order valence-electron chi connectivity index (χ0n) is 14.2. The zero-order chi connectivity index (χ0) is 19.6. The largest absolute Gasteiger partial charge is 0.351 e. The second-order valence-corrected chi connectivity index (χ2v) is 7.20. The van der Waals surface area contributed by atoms with Crippen molar-refractivity contribution in [2.24, 2.45) is 0 Å². The van der Waals surface area contributed by atoms with Crippen LogP contribution >= 0.6 is 28.1 Å². The zero-order valence-corrected chi connectivity index (χ0v) is 16.6. The Labute approximate surface area is 169 Å². The number of hydrogen-bond acceptors (Lipinski definition) is 4. The number of allylic oxidation sites excluding steroid dienone is 1. The van der Waals surface area contributed by atoms with Gasteiger partial charge in [0, 0.05) is 28.0 Å². The fourth-order valence-electron chi connectivity index (χ4n) is 2.77. The van der Waals surface area contributed by atoms with E-state index in [0.717, 1.165) is 10.0 Å². The molecule has 0 saturated heterocycles. The fraction of sp³-hybridized carbons (Fsp3) is 0.111. The molecule has 9 heteroatoms. The number of halogens is 1. The summed E-state index contributed by atoms with van der Waals surface area (Å²) in [7, 11) is 0. The third-order valence-electron chi connectivity index (χ3n) is 4.05. The molecule has 2 aromatic rings. The van der Waals surface area contributed by atoms with Crippen LogP contribution in [-0.2, 0) is 4.79 Å². The van der Waals surface area contributed by atoms with Gasteiger partial charge in [0.1, 0.15) is 0 Å². The van der Waals surface area contributed by atoms with Gasteiger partial charge >= 0.3 is 0 Å². The lowest BCUT2D eigenvalue weighted by Gasteiger charge is -2.30. The lowest BCUT2D eigenvalue weighted by atomic mass is 9.95. The summed E-state index contributed by atoms with van der Waals surface area (Å²) in [5, 5.41) is 20.1. The van der Waals surface area contributed by atoms with E-state index < -0.39 is 11.0 Å². The van der Waals surface area contributed by atoms with Gasteiger partial charge in [0.25, 0.3) is 11.6 Å². The van der Waals surface area contributed by atoms with Crippen molar-refractivity contribution in [3.05, 3.63) is 80.0 Å². The highest BCUT2D eigenvalue weighted by molar-refractivity contribution is 9.10. The van der Waals surface area contributed by atoms with Crippen molar-refractivity contribution in [3.63, 3.8) is 0 Å². The first-order chi connectivity index (χ1) is 12.8. The maximum atomic E-state index is 12.9. The van der Waals surface area contributed by atoms with Crippen molar-refractivity contribution in [3.8, 4) is 0 Å². The number of amides is 1. The number of hydrogen-bond donors (Lipinski definition) is 3. The van der Waals surface area contributed by atoms with E-state index in [1.165, 1.54) is 24.3 Å². The van der Waals surface area contributed by atoms with Gasteiger partial charge in [-0.05, 0) is 49.0 Å². The number of nitro groups is 1. The Bertz CT molecular complexity index is 942. The highest BCUT2D eigenvalue weighted by Gasteiger charge is 2.29. The summed E-state index contributed by atoms with van der Waals surface area (Å²) >= 11 is 8.63. The van der Waals surface area contributed by atoms with Gasteiger partial charge in [-0.15, -0.1) is 0 Å².